The van der Waals surface area contributed by atoms with E-state index in [1.807, 2.05) is 36.9 Å². The second-order valence-corrected chi connectivity index (χ2v) is 8.50. The van der Waals surface area contributed by atoms with E-state index in [0.29, 0.717) is 16.0 Å². The predicted molar refractivity (Wildman–Crippen MR) is 111 cm³/mol. The number of ether oxygens (including phenoxy) is 1. The number of benzene rings is 1. The Balaban J connectivity index is 1.49. The van der Waals surface area contributed by atoms with Gasteiger partial charge in [0, 0.05) is 31.2 Å². The molecule has 1 N–H and O–H groups in total. The zero-order chi connectivity index (χ0) is 20.1. The largest absolute Gasteiger partial charge is 0.486 e. The molecule has 1 aliphatic rings. The van der Waals surface area contributed by atoms with Gasteiger partial charge in [0.2, 0.25) is 11.1 Å². The predicted octanol–water partition coefficient (Wildman–Crippen LogP) is 2.99. The number of nitrogens with one attached hydrogen (secondary N) is 1. The second-order valence-electron chi connectivity index (χ2n) is 6.78. The molecule has 0 saturated carbocycles. The highest BCUT2D eigenvalue weighted by atomic mass is 35.5. The van der Waals surface area contributed by atoms with Gasteiger partial charge in [0.05, 0.1) is 5.25 Å². The number of aryl methyl sites for hydroxylation is 1. The Labute approximate surface area is 174 Å². The summed E-state index contributed by atoms with van der Waals surface area (Å²) in [6.07, 6.45) is 0. The summed E-state index contributed by atoms with van der Waals surface area (Å²) >= 11 is 7.39. The smallest absolute Gasteiger partial charge is 0.235 e. The number of aromatic nitrogens is 3. The molecule has 0 radical (unpaired) electrons. The number of hydrogen-bond donors (Lipinski definition) is 1. The Kier molecular flexibility index (Phi) is 7.20. The van der Waals surface area contributed by atoms with E-state index in [9.17, 15) is 4.79 Å². The summed E-state index contributed by atoms with van der Waals surface area (Å²) in [5.74, 6) is 1.48. The molecule has 0 bridgehead atoms. The van der Waals surface area contributed by atoms with E-state index in [0.717, 1.165) is 44.0 Å². The van der Waals surface area contributed by atoms with E-state index in [-0.39, 0.29) is 17.8 Å². The van der Waals surface area contributed by atoms with Gasteiger partial charge < -0.3 is 14.5 Å². The van der Waals surface area contributed by atoms with Crippen LogP contribution in [0.2, 0.25) is 5.02 Å². The van der Waals surface area contributed by atoms with Crippen LogP contribution in [-0.2, 0) is 11.4 Å². The Morgan fingerprint density at radius 1 is 1.36 bits per heavy atom. The van der Waals surface area contributed by atoms with E-state index in [2.05, 4.69) is 27.0 Å². The molecule has 1 fully saturated rings. The van der Waals surface area contributed by atoms with E-state index >= 15 is 0 Å². The topological polar surface area (TPSA) is 74.3 Å². The molecule has 0 aliphatic carbocycles. The molecular weight excluding hydrogens is 398 g/mol. The number of nitrogens with zero attached hydrogens (tertiary/aromatic N) is 4. The minimum atomic E-state index is -0.225. The van der Waals surface area contributed by atoms with Crippen LogP contribution < -0.4 is 4.74 Å². The van der Waals surface area contributed by atoms with E-state index < -0.39 is 0 Å². The molecule has 2 aromatic rings. The van der Waals surface area contributed by atoms with Crippen molar-refractivity contribution >= 4 is 29.3 Å². The number of amides is 1. The number of aromatic amines is 1. The van der Waals surface area contributed by atoms with Crippen LogP contribution in [0.1, 0.15) is 25.2 Å². The first-order valence-corrected chi connectivity index (χ1v) is 10.7. The molecule has 7 nitrogen and oxygen atoms in total. The first kappa shape index (κ1) is 21.0. The molecule has 0 spiro atoms. The van der Waals surface area contributed by atoms with Crippen LogP contribution in [-0.4, -0.2) is 68.9 Å². The number of carbonyl (C=O) groups is 1. The summed E-state index contributed by atoms with van der Waals surface area (Å²) in [6, 6.07) is 5.51. The minimum Gasteiger partial charge on any atom is -0.486 e. The van der Waals surface area contributed by atoms with Gasteiger partial charge in [-0.2, -0.15) is 0 Å². The zero-order valence-corrected chi connectivity index (χ0v) is 18.0. The van der Waals surface area contributed by atoms with E-state index in [1.54, 1.807) is 0 Å². The van der Waals surface area contributed by atoms with Crippen molar-refractivity contribution in [1.29, 1.82) is 0 Å². The number of thioether (sulfide) groups is 1. The third kappa shape index (κ3) is 5.40. The SMILES string of the molecule is CCN1CCN(C(=O)[C@H](C)Sc2n[nH]c(COc3ccc(Cl)c(C)c3)n2)CC1. The number of piperazine rings is 1. The van der Waals surface area contributed by atoms with Crippen LogP contribution in [0.5, 0.6) is 5.75 Å². The van der Waals surface area contributed by atoms with Crippen LogP contribution in [0.25, 0.3) is 0 Å². The molecule has 1 aromatic carbocycles. The fourth-order valence-corrected chi connectivity index (χ4v) is 3.95. The van der Waals surface area contributed by atoms with Crippen molar-refractivity contribution in [2.75, 3.05) is 32.7 Å². The fraction of sp³-hybridized carbons (Fsp3) is 0.526. The number of hydrogen-bond acceptors (Lipinski definition) is 6. The molecule has 152 valence electrons. The second kappa shape index (κ2) is 9.62. The molecule has 9 heteroatoms. The van der Waals surface area contributed by atoms with Crippen LogP contribution in [0, 0.1) is 6.92 Å². The maximum absolute atomic E-state index is 12.7. The van der Waals surface area contributed by atoms with Gasteiger partial charge in [0.25, 0.3) is 0 Å². The Morgan fingerprint density at radius 2 is 2.11 bits per heavy atom. The average Bonchev–Trinajstić information content (AvgIpc) is 3.15. The number of carbonyl (C=O) groups excluding carboxylic acids is 1. The van der Waals surface area contributed by atoms with Crippen molar-refractivity contribution in [2.24, 2.45) is 0 Å². The van der Waals surface area contributed by atoms with Crippen molar-refractivity contribution in [2.45, 2.75) is 37.8 Å². The van der Waals surface area contributed by atoms with Crippen LogP contribution in [0.3, 0.4) is 0 Å². The molecular formula is C19H26ClN5O2S. The number of halogens is 1. The zero-order valence-electron chi connectivity index (χ0n) is 16.4. The molecule has 1 atom stereocenters. The summed E-state index contributed by atoms with van der Waals surface area (Å²) in [4.78, 5) is 21.4. The number of likely N-dealkylation sites (N-methyl/N-ethyl adjacent to an activating group) is 1. The van der Waals surface area contributed by atoms with Gasteiger partial charge in [-0.1, -0.05) is 30.3 Å². The van der Waals surface area contributed by atoms with Gasteiger partial charge in [-0.05, 0) is 44.2 Å². The van der Waals surface area contributed by atoms with Crippen molar-refractivity contribution in [1.82, 2.24) is 25.0 Å². The van der Waals surface area contributed by atoms with Gasteiger partial charge >= 0.3 is 0 Å². The minimum absolute atomic E-state index is 0.139. The van der Waals surface area contributed by atoms with Gasteiger partial charge in [-0.3, -0.25) is 9.89 Å². The lowest BCUT2D eigenvalue weighted by atomic mass is 10.2. The van der Waals surface area contributed by atoms with Crippen molar-refractivity contribution in [3.63, 3.8) is 0 Å². The normalized spacial score (nSPS) is 16.2. The third-order valence-electron chi connectivity index (χ3n) is 4.78. The van der Waals surface area contributed by atoms with Crippen molar-refractivity contribution in [3.8, 4) is 5.75 Å². The van der Waals surface area contributed by atoms with Gasteiger partial charge in [0.1, 0.15) is 12.4 Å². The maximum atomic E-state index is 12.7. The highest BCUT2D eigenvalue weighted by molar-refractivity contribution is 8.00. The van der Waals surface area contributed by atoms with Gasteiger partial charge in [-0.25, -0.2) is 4.98 Å². The highest BCUT2D eigenvalue weighted by Gasteiger charge is 2.26. The van der Waals surface area contributed by atoms with Gasteiger partial charge in [-0.15, -0.1) is 5.10 Å². The highest BCUT2D eigenvalue weighted by Crippen LogP contribution is 2.23. The lowest BCUT2D eigenvalue weighted by molar-refractivity contribution is -0.132. The van der Waals surface area contributed by atoms with Crippen molar-refractivity contribution < 1.29 is 9.53 Å². The first-order valence-electron chi connectivity index (χ1n) is 9.44. The number of rotatable bonds is 7. The summed E-state index contributed by atoms with van der Waals surface area (Å²) < 4.78 is 5.73. The monoisotopic (exact) mass is 423 g/mol. The average molecular weight is 424 g/mol. The van der Waals surface area contributed by atoms with E-state index in [4.69, 9.17) is 16.3 Å². The fourth-order valence-electron chi connectivity index (χ4n) is 3.00. The van der Waals surface area contributed by atoms with Crippen LogP contribution in [0.4, 0.5) is 0 Å². The lowest BCUT2D eigenvalue weighted by Gasteiger charge is -2.35. The Bertz CT molecular complexity index is 807. The lowest BCUT2D eigenvalue weighted by Crippen LogP contribution is -2.50. The van der Waals surface area contributed by atoms with E-state index in [1.165, 1.54) is 11.8 Å². The molecule has 0 unspecified atom stereocenters. The summed E-state index contributed by atoms with van der Waals surface area (Å²) in [5.41, 5.74) is 0.958. The Morgan fingerprint density at radius 3 is 2.79 bits per heavy atom. The third-order valence-corrected chi connectivity index (χ3v) is 6.15. The van der Waals surface area contributed by atoms with Gasteiger partial charge in [0.15, 0.2) is 5.82 Å². The summed E-state index contributed by atoms with van der Waals surface area (Å²) in [6.45, 7) is 10.7. The molecule has 1 amide bonds. The standard InChI is InChI=1S/C19H26ClN5O2S/c1-4-24-7-9-25(10-8-24)18(26)14(3)28-19-21-17(22-23-19)12-27-15-5-6-16(20)13(2)11-15/h5-6,11,14H,4,7-10,12H2,1-3H3,(H,21,22,23)/t14-/m0/s1. The molecule has 1 aromatic heterocycles. The Hall–Kier alpha value is -1.77. The summed E-state index contributed by atoms with van der Waals surface area (Å²) in [5, 5.41) is 8.11. The van der Waals surface area contributed by atoms with Crippen LogP contribution >= 0.6 is 23.4 Å². The molecule has 3 rings (SSSR count). The molecule has 1 saturated heterocycles. The quantitative estimate of drug-likeness (QED) is 0.690. The molecule has 1 aliphatic heterocycles. The van der Waals surface area contributed by atoms with Crippen molar-refractivity contribution in [3.05, 3.63) is 34.6 Å². The molecule has 28 heavy (non-hydrogen) atoms. The number of H-pyrrole nitrogens is 1. The first-order chi connectivity index (χ1) is 13.5. The van der Waals surface area contributed by atoms with Crippen LogP contribution in [0.15, 0.2) is 23.4 Å². The maximum Gasteiger partial charge on any atom is 0.235 e. The summed E-state index contributed by atoms with van der Waals surface area (Å²) in [7, 11) is 0. The molecule has 2 heterocycles.